The first-order valence-corrected chi connectivity index (χ1v) is 4.96. The van der Waals surface area contributed by atoms with Crippen LogP contribution < -0.4 is 12.4 Å². The van der Waals surface area contributed by atoms with Crippen LogP contribution in [0.2, 0.25) is 0 Å². The predicted molar refractivity (Wildman–Crippen MR) is 56.2 cm³/mol. The predicted octanol–water partition coefficient (Wildman–Crippen LogP) is -0.168. The van der Waals surface area contributed by atoms with Crippen molar-refractivity contribution < 1.29 is 16.9 Å². The summed E-state index contributed by atoms with van der Waals surface area (Å²) in [5.74, 6) is 0. The largest absolute Gasteiger partial charge is 1.00 e. The fraction of sp³-hybridized carbons (Fsp3) is 0.818. The molecule has 2 heteroatoms. The first-order valence-electron chi connectivity index (χ1n) is 4.96. The summed E-state index contributed by atoms with van der Waals surface area (Å²) in [6.45, 7) is 6.14. The molecule has 1 nitrogen and oxygen atoms in total. The molecule has 1 unspecified atom stereocenters. The summed E-state index contributed by atoms with van der Waals surface area (Å²) in [4.78, 5) is 0. The van der Waals surface area contributed by atoms with Crippen LogP contribution in [0.25, 0.3) is 0 Å². The smallest absolute Gasteiger partial charge is 0.107 e. The van der Waals surface area contributed by atoms with Gasteiger partial charge in [-0.3, -0.25) is 0 Å². The van der Waals surface area contributed by atoms with E-state index in [-0.39, 0.29) is 12.4 Å². The summed E-state index contributed by atoms with van der Waals surface area (Å²) in [7, 11) is 6.70. The van der Waals surface area contributed by atoms with Gasteiger partial charge in [0.2, 0.25) is 0 Å². The van der Waals surface area contributed by atoms with Crippen molar-refractivity contribution in [3.63, 3.8) is 0 Å². The summed E-state index contributed by atoms with van der Waals surface area (Å²) in [5.41, 5.74) is 0. The summed E-state index contributed by atoms with van der Waals surface area (Å²) >= 11 is 0. The van der Waals surface area contributed by atoms with Crippen LogP contribution in [0.3, 0.4) is 0 Å². The summed E-state index contributed by atoms with van der Waals surface area (Å²) in [5, 5.41) is 0. The molecular formula is C11H24ClN. The van der Waals surface area contributed by atoms with Crippen LogP contribution in [0.1, 0.15) is 32.6 Å². The van der Waals surface area contributed by atoms with Gasteiger partial charge >= 0.3 is 0 Å². The fourth-order valence-corrected chi connectivity index (χ4v) is 1.42. The van der Waals surface area contributed by atoms with Crippen LogP contribution in [0.4, 0.5) is 0 Å². The molecule has 0 aliphatic carbocycles. The number of rotatable bonds is 6. The molecule has 0 aromatic rings. The van der Waals surface area contributed by atoms with Crippen molar-refractivity contribution in [2.75, 3.05) is 21.1 Å². The molecule has 1 atom stereocenters. The third-order valence-corrected chi connectivity index (χ3v) is 2.37. The van der Waals surface area contributed by atoms with Gasteiger partial charge in [-0.1, -0.05) is 26.3 Å². The molecular weight excluding hydrogens is 182 g/mol. The number of likely N-dealkylation sites (N-methyl/N-ethyl adjacent to an activating group) is 1. The van der Waals surface area contributed by atoms with Crippen molar-refractivity contribution in [2.45, 2.75) is 38.6 Å². The van der Waals surface area contributed by atoms with E-state index >= 15 is 0 Å². The zero-order valence-corrected chi connectivity index (χ0v) is 10.3. The van der Waals surface area contributed by atoms with E-state index in [1.165, 1.54) is 25.7 Å². The Balaban J connectivity index is 0. The van der Waals surface area contributed by atoms with Crippen LogP contribution in [0.5, 0.6) is 0 Å². The zero-order chi connectivity index (χ0) is 9.61. The van der Waals surface area contributed by atoms with Crippen LogP contribution in [0.15, 0.2) is 12.7 Å². The van der Waals surface area contributed by atoms with Crippen molar-refractivity contribution in [1.82, 2.24) is 0 Å². The molecule has 0 amide bonds. The molecule has 0 aliphatic heterocycles. The van der Waals surface area contributed by atoms with Gasteiger partial charge in [0.15, 0.2) is 0 Å². The number of nitrogens with zero attached hydrogens (tertiary/aromatic N) is 1. The lowest BCUT2D eigenvalue weighted by atomic mass is 10.1. The molecule has 0 N–H and O–H groups in total. The van der Waals surface area contributed by atoms with Crippen molar-refractivity contribution in [3.05, 3.63) is 12.7 Å². The van der Waals surface area contributed by atoms with E-state index in [9.17, 15) is 0 Å². The Labute approximate surface area is 89.8 Å². The standard InChI is InChI=1S/C11H24N.ClH/c1-6-8-9-10-11(7-2)12(3,4)5;/h7,11H,2,6,8-10H2,1,3-5H3;1H/q+1;/p-1. The third-order valence-electron chi connectivity index (χ3n) is 2.37. The molecule has 0 rings (SSSR count). The normalized spacial score (nSPS) is 13.2. The van der Waals surface area contributed by atoms with Crippen molar-refractivity contribution in [1.29, 1.82) is 0 Å². The van der Waals surface area contributed by atoms with Gasteiger partial charge in [0.25, 0.3) is 0 Å². The minimum atomic E-state index is 0. The van der Waals surface area contributed by atoms with Gasteiger partial charge in [0.1, 0.15) is 6.04 Å². The maximum atomic E-state index is 3.89. The van der Waals surface area contributed by atoms with E-state index in [1.807, 2.05) is 0 Å². The quantitative estimate of drug-likeness (QED) is 0.321. The number of unbranched alkanes of at least 4 members (excludes halogenated alkanes) is 2. The van der Waals surface area contributed by atoms with Crippen LogP contribution in [0, 0.1) is 0 Å². The van der Waals surface area contributed by atoms with Gasteiger partial charge in [-0.25, -0.2) is 0 Å². The first kappa shape index (κ1) is 15.5. The highest BCUT2D eigenvalue weighted by atomic mass is 35.5. The Kier molecular flexibility index (Phi) is 8.80. The van der Waals surface area contributed by atoms with Crippen molar-refractivity contribution >= 4 is 0 Å². The highest BCUT2D eigenvalue weighted by Crippen LogP contribution is 2.12. The molecule has 0 aromatic carbocycles. The minimum absolute atomic E-state index is 0. The van der Waals surface area contributed by atoms with Gasteiger partial charge in [-0.15, -0.1) is 0 Å². The number of hydrogen-bond donors (Lipinski definition) is 0. The molecule has 80 valence electrons. The molecule has 0 aromatic heterocycles. The van der Waals surface area contributed by atoms with Crippen LogP contribution >= 0.6 is 0 Å². The number of halogens is 1. The number of quaternary nitrogens is 1. The Morgan fingerprint density at radius 2 is 1.77 bits per heavy atom. The Bertz CT molecular complexity index is 127. The Morgan fingerprint density at radius 1 is 1.23 bits per heavy atom. The van der Waals surface area contributed by atoms with Gasteiger partial charge in [-0.2, -0.15) is 0 Å². The van der Waals surface area contributed by atoms with E-state index in [4.69, 9.17) is 0 Å². The Morgan fingerprint density at radius 3 is 2.08 bits per heavy atom. The topological polar surface area (TPSA) is 0 Å². The monoisotopic (exact) mass is 205 g/mol. The third kappa shape index (κ3) is 7.09. The van der Waals surface area contributed by atoms with Gasteiger partial charge in [0, 0.05) is 6.42 Å². The lowest BCUT2D eigenvalue weighted by Gasteiger charge is -2.32. The SMILES string of the molecule is C=CC(CCCCC)[N+](C)(C)C.[Cl-]. The Hall–Kier alpha value is -0.0100. The van der Waals surface area contributed by atoms with E-state index < -0.39 is 0 Å². The molecule has 0 spiro atoms. The van der Waals surface area contributed by atoms with E-state index in [2.05, 4.69) is 40.7 Å². The molecule has 0 fully saturated rings. The van der Waals surface area contributed by atoms with Crippen molar-refractivity contribution in [3.8, 4) is 0 Å². The molecule has 13 heavy (non-hydrogen) atoms. The second kappa shape index (κ2) is 7.40. The second-order valence-electron chi connectivity index (χ2n) is 4.42. The maximum Gasteiger partial charge on any atom is 0.107 e. The van der Waals surface area contributed by atoms with Crippen molar-refractivity contribution in [2.24, 2.45) is 0 Å². The summed E-state index contributed by atoms with van der Waals surface area (Å²) in [6, 6.07) is 0.622. The van der Waals surface area contributed by atoms with E-state index in [1.54, 1.807) is 0 Å². The van der Waals surface area contributed by atoms with E-state index in [0.717, 1.165) is 4.48 Å². The average Bonchev–Trinajstić information content (AvgIpc) is 1.95. The van der Waals surface area contributed by atoms with Crippen LogP contribution in [-0.2, 0) is 0 Å². The summed E-state index contributed by atoms with van der Waals surface area (Å²) in [6.07, 6.45) is 7.37. The fourth-order valence-electron chi connectivity index (χ4n) is 1.42. The molecule has 0 aliphatic rings. The lowest BCUT2D eigenvalue weighted by molar-refractivity contribution is -0.889. The molecule has 0 heterocycles. The molecule has 0 saturated carbocycles. The maximum absolute atomic E-state index is 3.89. The highest BCUT2D eigenvalue weighted by molar-refractivity contribution is 4.79. The van der Waals surface area contributed by atoms with Gasteiger partial charge in [0.05, 0.1) is 21.1 Å². The van der Waals surface area contributed by atoms with Crippen LogP contribution in [-0.4, -0.2) is 31.7 Å². The first-order chi connectivity index (χ1) is 5.52. The van der Waals surface area contributed by atoms with Gasteiger partial charge < -0.3 is 16.9 Å². The molecule has 0 saturated heterocycles. The highest BCUT2D eigenvalue weighted by Gasteiger charge is 2.18. The second-order valence-corrected chi connectivity index (χ2v) is 4.42. The number of hydrogen-bond acceptors (Lipinski definition) is 0. The molecule has 0 radical (unpaired) electrons. The minimum Gasteiger partial charge on any atom is -1.00 e. The average molecular weight is 206 g/mol. The van der Waals surface area contributed by atoms with E-state index in [0.29, 0.717) is 6.04 Å². The molecule has 0 bridgehead atoms. The summed E-state index contributed by atoms with van der Waals surface area (Å²) < 4.78 is 1.01. The zero-order valence-electron chi connectivity index (χ0n) is 9.52. The van der Waals surface area contributed by atoms with Gasteiger partial charge in [-0.05, 0) is 12.5 Å². The lowest BCUT2D eigenvalue weighted by Crippen LogP contribution is -3.00.